The molecule has 0 aromatic rings. The van der Waals surface area contributed by atoms with Gasteiger partial charge in [0.2, 0.25) is 0 Å². The molecule has 86 valence electrons. The molecule has 0 aliphatic heterocycles. The van der Waals surface area contributed by atoms with E-state index in [4.69, 9.17) is 0 Å². The Bertz CT molecular complexity index is 94.5. The molecule has 0 atom stereocenters. The van der Waals surface area contributed by atoms with E-state index in [9.17, 15) is 0 Å². The predicted molar refractivity (Wildman–Crippen MR) is 73.4 cm³/mol. The summed E-state index contributed by atoms with van der Waals surface area (Å²) in [5, 5.41) is 0. The van der Waals surface area contributed by atoms with E-state index >= 15 is 0 Å². The van der Waals surface area contributed by atoms with E-state index < -0.39 is 0 Å². The van der Waals surface area contributed by atoms with E-state index in [0.717, 1.165) is 4.58 Å². The molecule has 2 heteroatoms. The quantitative estimate of drug-likeness (QED) is 0.377. The molecule has 0 rings (SSSR count). The summed E-state index contributed by atoms with van der Waals surface area (Å²) in [6, 6.07) is 0. The number of unbranched alkanes of at least 4 members (excludes halogenated alkanes) is 2. The second-order valence-electron chi connectivity index (χ2n) is 3.67. The molecule has 14 heavy (non-hydrogen) atoms. The van der Waals surface area contributed by atoms with Crippen LogP contribution < -0.4 is 0 Å². The first-order chi connectivity index (χ1) is 6.85. The van der Waals surface area contributed by atoms with Gasteiger partial charge in [0.05, 0.1) is 4.58 Å². The van der Waals surface area contributed by atoms with Crippen molar-refractivity contribution < 1.29 is 0 Å². The van der Waals surface area contributed by atoms with Crippen molar-refractivity contribution in [2.75, 3.05) is 11.5 Å². The second kappa shape index (κ2) is 11.8. The van der Waals surface area contributed by atoms with Crippen molar-refractivity contribution in [2.24, 2.45) is 0 Å². The van der Waals surface area contributed by atoms with Crippen LogP contribution in [0.25, 0.3) is 0 Å². The van der Waals surface area contributed by atoms with Crippen molar-refractivity contribution in [1.82, 2.24) is 0 Å². The molecule has 0 aromatic heterocycles. The molecule has 0 saturated carbocycles. The molecule has 0 saturated heterocycles. The van der Waals surface area contributed by atoms with E-state index in [1.807, 2.05) is 0 Å². The molecule has 0 heterocycles. The van der Waals surface area contributed by atoms with Gasteiger partial charge < -0.3 is 0 Å². The third-order valence-corrected chi connectivity index (χ3v) is 5.21. The number of rotatable bonds is 10. The van der Waals surface area contributed by atoms with Gasteiger partial charge in [-0.1, -0.05) is 40.0 Å². The molecule has 0 aromatic carbocycles. The van der Waals surface area contributed by atoms with Crippen molar-refractivity contribution >= 4 is 23.5 Å². The van der Waals surface area contributed by atoms with Crippen LogP contribution >= 0.6 is 23.5 Å². The summed E-state index contributed by atoms with van der Waals surface area (Å²) >= 11 is 4.37. The maximum atomic E-state index is 2.30. The Labute approximate surface area is 99.0 Å². The van der Waals surface area contributed by atoms with Crippen molar-refractivity contribution in [1.29, 1.82) is 0 Å². The summed E-state index contributed by atoms with van der Waals surface area (Å²) in [5.74, 6) is 2.72. The highest BCUT2D eigenvalue weighted by Crippen LogP contribution is 2.29. The summed E-state index contributed by atoms with van der Waals surface area (Å²) < 4.78 is 0.873. The highest BCUT2D eigenvalue weighted by Gasteiger charge is 2.07. The molecular weight excluding hydrogens is 208 g/mol. The lowest BCUT2D eigenvalue weighted by molar-refractivity contribution is 0.853. The van der Waals surface area contributed by atoms with Crippen LogP contribution in [0.4, 0.5) is 0 Å². The number of thioether (sulfide) groups is 2. The summed E-state index contributed by atoms with van der Waals surface area (Å²) in [7, 11) is 0. The molecule has 0 nitrogen and oxygen atoms in total. The van der Waals surface area contributed by atoms with Gasteiger partial charge in [0.15, 0.2) is 0 Å². The van der Waals surface area contributed by atoms with Crippen LogP contribution in [0.15, 0.2) is 0 Å². The van der Waals surface area contributed by atoms with Crippen LogP contribution in [-0.4, -0.2) is 16.1 Å². The Hall–Kier alpha value is 0.700. The average Bonchev–Trinajstić information content (AvgIpc) is 2.18. The molecule has 0 radical (unpaired) electrons. The SMILES string of the molecule is CCCCSC(CCC)SCCCC. The topological polar surface area (TPSA) is 0 Å². The number of hydrogen-bond acceptors (Lipinski definition) is 2. The summed E-state index contributed by atoms with van der Waals surface area (Å²) in [6.07, 6.45) is 8.18. The van der Waals surface area contributed by atoms with Gasteiger partial charge in [-0.25, -0.2) is 0 Å². The van der Waals surface area contributed by atoms with Gasteiger partial charge in [-0.15, -0.1) is 23.5 Å². The van der Waals surface area contributed by atoms with Gasteiger partial charge in [-0.2, -0.15) is 0 Å². The highest BCUT2D eigenvalue weighted by atomic mass is 32.2. The van der Waals surface area contributed by atoms with Gasteiger partial charge >= 0.3 is 0 Å². The van der Waals surface area contributed by atoms with Crippen molar-refractivity contribution in [3.63, 3.8) is 0 Å². The fraction of sp³-hybridized carbons (Fsp3) is 1.00. The van der Waals surface area contributed by atoms with Crippen LogP contribution in [0.5, 0.6) is 0 Å². The lowest BCUT2D eigenvalue weighted by atomic mass is 10.4. The molecule has 0 spiro atoms. The van der Waals surface area contributed by atoms with E-state index in [0.29, 0.717) is 0 Å². The fourth-order valence-corrected chi connectivity index (χ4v) is 4.37. The van der Waals surface area contributed by atoms with Crippen molar-refractivity contribution in [3.05, 3.63) is 0 Å². The van der Waals surface area contributed by atoms with E-state index in [2.05, 4.69) is 44.3 Å². The third-order valence-electron chi connectivity index (χ3n) is 2.13. The standard InChI is InChI=1S/C12H26S2/c1-4-7-10-13-12(9-6-3)14-11-8-5-2/h12H,4-11H2,1-3H3. The molecule has 0 aliphatic carbocycles. The maximum absolute atomic E-state index is 2.30. The zero-order chi connectivity index (χ0) is 10.6. The molecule has 0 fully saturated rings. The Morgan fingerprint density at radius 1 is 0.786 bits per heavy atom. The summed E-state index contributed by atoms with van der Waals surface area (Å²) in [4.78, 5) is 0. The first kappa shape index (κ1) is 14.7. The minimum absolute atomic E-state index is 0.873. The Balaban J connectivity index is 3.44. The molecule has 0 unspecified atom stereocenters. The minimum atomic E-state index is 0.873. The van der Waals surface area contributed by atoms with Gasteiger partial charge in [-0.05, 0) is 30.8 Å². The zero-order valence-electron chi connectivity index (χ0n) is 10.1. The highest BCUT2D eigenvalue weighted by molar-refractivity contribution is 8.17. The lowest BCUT2D eigenvalue weighted by Crippen LogP contribution is -1.99. The van der Waals surface area contributed by atoms with Gasteiger partial charge in [0.1, 0.15) is 0 Å². The first-order valence-corrected chi connectivity index (χ1v) is 8.18. The Morgan fingerprint density at radius 2 is 1.29 bits per heavy atom. The molecule has 0 bridgehead atoms. The Kier molecular flexibility index (Phi) is 12.4. The monoisotopic (exact) mass is 234 g/mol. The number of hydrogen-bond donors (Lipinski definition) is 0. The molecule has 0 aliphatic rings. The normalized spacial score (nSPS) is 11.1. The second-order valence-corrected chi connectivity index (χ2v) is 6.59. The summed E-state index contributed by atoms with van der Waals surface area (Å²) in [5.41, 5.74) is 0. The van der Waals surface area contributed by atoms with Crippen LogP contribution in [0.3, 0.4) is 0 Å². The Morgan fingerprint density at radius 3 is 1.64 bits per heavy atom. The van der Waals surface area contributed by atoms with E-state index in [1.54, 1.807) is 0 Å². The minimum Gasteiger partial charge on any atom is -0.148 e. The van der Waals surface area contributed by atoms with E-state index in [-0.39, 0.29) is 0 Å². The van der Waals surface area contributed by atoms with Gasteiger partial charge in [0, 0.05) is 0 Å². The van der Waals surface area contributed by atoms with E-state index in [1.165, 1.54) is 50.0 Å². The molecule has 0 amide bonds. The zero-order valence-corrected chi connectivity index (χ0v) is 11.7. The molecular formula is C12H26S2. The summed E-state index contributed by atoms with van der Waals surface area (Å²) in [6.45, 7) is 6.85. The predicted octanol–water partition coefficient (Wildman–Crippen LogP) is 5.18. The van der Waals surface area contributed by atoms with Crippen LogP contribution in [0, 0.1) is 0 Å². The lowest BCUT2D eigenvalue weighted by Gasteiger charge is -2.14. The van der Waals surface area contributed by atoms with Gasteiger partial charge in [-0.3, -0.25) is 0 Å². The maximum Gasteiger partial charge on any atom is 0.0502 e. The molecule has 0 N–H and O–H groups in total. The fourth-order valence-electron chi connectivity index (χ4n) is 1.17. The first-order valence-electron chi connectivity index (χ1n) is 6.08. The van der Waals surface area contributed by atoms with Crippen molar-refractivity contribution in [2.45, 2.75) is 63.9 Å². The van der Waals surface area contributed by atoms with Crippen LogP contribution in [0.2, 0.25) is 0 Å². The van der Waals surface area contributed by atoms with Gasteiger partial charge in [0.25, 0.3) is 0 Å². The van der Waals surface area contributed by atoms with Crippen molar-refractivity contribution in [3.8, 4) is 0 Å². The smallest absolute Gasteiger partial charge is 0.0502 e. The average molecular weight is 234 g/mol. The largest absolute Gasteiger partial charge is 0.148 e. The van der Waals surface area contributed by atoms with Crippen LogP contribution in [-0.2, 0) is 0 Å². The third kappa shape index (κ3) is 9.26. The van der Waals surface area contributed by atoms with Crippen LogP contribution in [0.1, 0.15) is 59.3 Å².